The summed E-state index contributed by atoms with van der Waals surface area (Å²) in [7, 11) is 0. The topological polar surface area (TPSA) is 12.5 Å². The highest BCUT2D eigenvalue weighted by Gasteiger charge is 2.20. The summed E-state index contributed by atoms with van der Waals surface area (Å²) in [5.74, 6) is 1.88. The molecular formula is C21H22ClNO. The average molecular weight is 340 g/mol. The number of rotatable bonds is 2. The van der Waals surface area contributed by atoms with Crippen LogP contribution in [0.4, 0.5) is 0 Å². The average Bonchev–Trinajstić information content (AvgIpc) is 2.78. The molecule has 124 valence electrons. The van der Waals surface area contributed by atoms with Crippen LogP contribution < -0.4 is 4.74 Å². The molecule has 2 aliphatic heterocycles. The van der Waals surface area contributed by atoms with Gasteiger partial charge in [0.05, 0.1) is 0 Å². The van der Waals surface area contributed by atoms with Crippen molar-refractivity contribution in [3.63, 3.8) is 0 Å². The standard InChI is InChI=1S/C21H21NO.ClH/c1-2-22-13-11-16(12-14-22)19-15-17-7-3-5-9-20(17)23-21-10-6-4-8-18(19)21;/h3-11,15H,2,12-14H2,1H3;1H. The first-order chi connectivity index (χ1) is 11.3. The quantitative estimate of drug-likeness (QED) is 0.725. The zero-order valence-electron chi connectivity index (χ0n) is 13.9. The predicted octanol–water partition coefficient (Wildman–Crippen LogP) is 5.41. The summed E-state index contributed by atoms with van der Waals surface area (Å²) in [6, 6.07) is 16.6. The largest absolute Gasteiger partial charge is 0.456 e. The summed E-state index contributed by atoms with van der Waals surface area (Å²) < 4.78 is 6.18. The first-order valence-electron chi connectivity index (χ1n) is 8.35. The first-order valence-corrected chi connectivity index (χ1v) is 8.35. The molecule has 0 spiro atoms. The van der Waals surface area contributed by atoms with Gasteiger partial charge in [-0.2, -0.15) is 0 Å². The van der Waals surface area contributed by atoms with Crippen molar-refractivity contribution in [1.29, 1.82) is 0 Å². The molecule has 0 radical (unpaired) electrons. The Hall–Kier alpha value is -2.03. The van der Waals surface area contributed by atoms with Gasteiger partial charge in [0.25, 0.3) is 0 Å². The lowest BCUT2D eigenvalue weighted by Crippen LogP contribution is -2.28. The summed E-state index contributed by atoms with van der Waals surface area (Å²) in [4.78, 5) is 2.47. The van der Waals surface area contributed by atoms with Gasteiger partial charge in [-0.1, -0.05) is 49.4 Å². The van der Waals surface area contributed by atoms with Gasteiger partial charge in [0.1, 0.15) is 11.5 Å². The van der Waals surface area contributed by atoms with Crippen molar-refractivity contribution in [1.82, 2.24) is 4.90 Å². The SMILES string of the molecule is CCN1CC=C(C2=Cc3ccccc3Oc3ccccc32)CC1.Cl. The van der Waals surface area contributed by atoms with Crippen LogP contribution in [0.5, 0.6) is 11.5 Å². The van der Waals surface area contributed by atoms with Crippen molar-refractivity contribution in [2.24, 2.45) is 0 Å². The van der Waals surface area contributed by atoms with E-state index in [0.717, 1.165) is 43.1 Å². The molecule has 0 fully saturated rings. The molecule has 0 atom stereocenters. The van der Waals surface area contributed by atoms with Gasteiger partial charge in [-0.25, -0.2) is 0 Å². The van der Waals surface area contributed by atoms with Crippen molar-refractivity contribution in [2.75, 3.05) is 19.6 Å². The molecule has 0 aliphatic carbocycles. The second kappa shape index (κ2) is 7.25. The predicted molar refractivity (Wildman–Crippen MR) is 103 cm³/mol. The number of nitrogens with zero attached hydrogens (tertiary/aromatic N) is 1. The molecule has 0 amide bonds. The molecular weight excluding hydrogens is 318 g/mol. The third-order valence-electron chi connectivity index (χ3n) is 4.70. The second-order valence-electron chi connectivity index (χ2n) is 6.07. The summed E-state index contributed by atoms with van der Waals surface area (Å²) in [5.41, 5.74) is 5.08. The molecule has 0 aromatic heterocycles. The van der Waals surface area contributed by atoms with E-state index in [9.17, 15) is 0 Å². The number of benzene rings is 2. The van der Waals surface area contributed by atoms with Gasteiger partial charge >= 0.3 is 0 Å². The van der Waals surface area contributed by atoms with Gasteiger partial charge in [-0.3, -0.25) is 4.90 Å². The van der Waals surface area contributed by atoms with Crippen molar-refractivity contribution < 1.29 is 4.74 Å². The monoisotopic (exact) mass is 339 g/mol. The van der Waals surface area contributed by atoms with Crippen molar-refractivity contribution in [2.45, 2.75) is 13.3 Å². The van der Waals surface area contributed by atoms with Gasteiger partial charge in [-0.05, 0) is 42.3 Å². The number of allylic oxidation sites excluding steroid dienone is 1. The summed E-state index contributed by atoms with van der Waals surface area (Å²) in [5, 5.41) is 0. The molecule has 2 aromatic carbocycles. The van der Waals surface area contributed by atoms with Crippen molar-refractivity contribution in [3.8, 4) is 11.5 Å². The maximum absolute atomic E-state index is 6.18. The van der Waals surface area contributed by atoms with Crippen LogP contribution in [0.2, 0.25) is 0 Å². The van der Waals surface area contributed by atoms with Gasteiger partial charge in [0.15, 0.2) is 0 Å². The Morgan fingerprint density at radius 1 is 1.00 bits per heavy atom. The fraction of sp³-hybridized carbons (Fsp3) is 0.238. The van der Waals surface area contributed by atoms with E-state index < -0.39 is 0 Å². The lowest BCUT2D eigenvalue weighted by molar-refractivity contribution is 0.312. The van der Waals surface area contributed by atoms with Crippen LogP contribution in [0.25, 0.3) is 11.6 Å². The molecule has 2 heterocycles. The Bertz CT molecular complexity index is 794. The highest BCUT2D eigenvalue weighted by molar-refractivity contribution is 5.95. The maximum Gasteiger partial charge on any atom is 0.135 e. The number of para-hydroxylation sites is 2. The van der Waals surface area contributed by atoms with E-state index in [1.54, 1.807) is 0 Å². The molecule has 0 saturated heterocycles. The highest BCUT2D eigenvalue weighted by Crippen LogP contribution is 2.41. The van der Waals surface area contributed by atoms with E-state index in [2.05, 4.69) is 54.3 Å². The fourth-order valence-corrected chi connectivity index (χ4v) is 3.33. The summed E-state index contributed by atoms with van der Waals surface area (Å²) >= 11 is 0. The molecule has 2 nitrogen and oxygen atoms in total. The molecule has 2 aliphatic rings. The highest BCUT2D eigenvalue weighted by atomic mass is 35.5. The number of fused-ring (bicyclic) bond motifs is 2. The maximum atomic E-state index is 6.18. The van der Waals surface area contributed by atoms with E-state index in [1.807, 2.05) is 18.2 Å². The van der Waals surface area contributed by atoms with E-state index >= 15 is 0 Å². The van der Waals surface area contributed by atoms with Crippen molar-refractivity contribution >= 4 is 24.1 Å². The Morgan fingerprint density at radius 3 is 2.50 bits per heavy atom. The molecule has 3 heteroatoms. The van der Waals surface area contributed by atoms with Crippen LogP contribution >= 0.6 is 12.4 Å². The molecule has 24 heavy (non-hydrogen) atoms. The van der Waals surface area contributed by atoms with Crippen LogP contribution in [0.15, 0.2) is 60.2 Å². The minimum Gasteiger partial charge on any atom is -0.456 e. The number of likely N-dealkylation sites (N-methyl/N-ethyl adjacent to an activating group) is 1. The van der Waals surface area contributed by atoms with Gasteiger partial charge < -0.3 is 4.74 Å². The lowest BCUT2D eigenvalue weighted by Gasteiger charge is -2.26. The zero-order chi connectivity index (χ0) is 15.6. The number of hydrogen-bond acceptors (Lipinski definition) is 2. The molecule has 0 unspecified atom stereocenters. The lowest BCUT2D eigenvalue weighted by atomic mass is 9.91. The first kappa shape index (κ1) is 16.8. The Kier molecular flexibility index (Phi) is 5.08. The minimum atomic E-state index is 0. The zero-order valence-corrected chi connectivity index (χ0v) is 14.7. The number of hydrogen-bond donors (Lipinski definition) is 0. The third-order valence-corrected chi connectivity index (χ3v) is 4.70. The summed E-state index contributed by atoms with van der Waals surface area (Å²) in [6.45, 7) is 5.51. The summed E-state index contributed by atoms with van der Waals surface area (Å²) in [6.07, 6.45) is 5.76. The normalized spacial score (nSPS) is 16.5. The van der Waals surface area contributed by atoms with Crippen LogP contribution in [0.1, 0.15) is 24.5 Å². The molecule has 0 saturated carbocycles. The third kappa shape index (κ3) is 3.12. The molecule has 4 rings (SSSR count). The van der Waals surface area contributed by atoms with Crippen LogP contribution in [-0.4, -0.2) is 24.5 Å². The smallest absolute Gasteiger partial charge is 0.135 e. The second-order valence-corrected chi connectivity index (χ2v) is 6.07. The minimum absolute atomic E-state index is 0. The Labute approximate surface area is 149 Å². The van der Waals surface area contributed by atoms with Gasteiger partial charge in [-0.15, -0.1) is 12.4 Å². The van der Waals surface area contributed by atoms with E-state index in [-0.39, 0.29) is 12.4 Å². The van der Waals surface area contributed by atoms with E-state index in [1.165, 1.54) is 16.7 Å². The molecule has 2 aromatic rings. The number of ether oxygens (including phenoxy) is 1. The van der Waals surface area contributed by atoms with Crippen LogP contribution in [0.3, 0.4) is 0 Å². The van der Waals surface area contributed by atoms with E-state index in [0.29, 0.717) is 0 Å². The van der Waals surface area contributed by atoms with Gasteiger partial charge in [0, 0.05) is 24.2 Å². The van der Waals surface area contributed by atoms with Crippen LogP contribution in [-0.2, 0) is 0 Å². The Balaban J connectivity index is 0.00000169. The van der Waals surface area contributed by atoms with Gasteiger partial charge in [0.2, 0.25) is 0 Å². The van der Waals surface area contributed by atoms with E-state index in [4.69, 9.17) is 4.74 Å². The Morgan fingerprint density at radius 2 is 1.75 bits per heavy atom. The van der Waals surface area contributed by atoms with Crippen molar-refractivity contribution in [3.05, 3.63) is 71.3 Å². The molecule has 0 bridgehead atoms. The number of halogens is 1. The molecule has 0 N–H and O–H groups in total. The van der Waals surface area contributed by atoms with Crippen LogP contribution in [0, 0.1) is 0 Å². The fourth-order valence-electron chi connectivity index (χ4n) is 3.33.